The highest BCUT2D eigenvalue weighted by atomic mass is 16.5. The average Bonchev–Trinajstić information content (AvgIpc) is 2.97. The summed E-state index contributed by atoms with van der Waals surface area (Å²) in [5.41, 5.74) is 0.231. The van der Waals surface area contributed by atoms with Crippen molar-refractivity contribution in [2.24, 2.45) is 5.41 Å². The van der Waals surface area contributed by atoms with Crippen molar-refractivity contribution in [3.8, 4) is 0 Å². The van der Waals surface area contributed by atoms with Gasteiger partial charge >= 0.3 is 6.03 Å². The third-order valence-corrected chi connectivity index (χ3v) is 5.43. The standard InChI is InChI=1S/C17H28N4O2/c1-2-23-15-12-14(17(15)6-5-7-17)20-16(22)19-8-3-4-10-21-11-9-18-13-21/h9,11,13-15H,2-8,10,12H2,1H3,(H2,19,20,22)/t14-,15-/m0/s1. The number of nitrogens with zero attached hydrogens (tertiary/aromatic N) is 2. The Morgan fingerprint density at radius 1 is 1.43 bits per heavy atom. The van der Waals surface area contributed by atoms with E-state index in [2.05, 4.69) is 20.2 Å². The molecule has 6 nitrogen and oxygen atoms in total. The highest BCUT2D eigenvalue weighted by Crippen LogP contribution is 2.57. The van der Waals surface area contributed by atoms with E-state index in [9.17, 15) is 4.79 Å². The summed E-state index contributed by atoms with van der Waals surface area (Å²) in [6.07, 6.45) is 12.5. The molecule has 2 amide bonds. The number of amides is 2. The molecule has 1 aromatic rings. The van der Waals surface area contributed by atoms with Crippen LogP contribution in [0.1, 0.15) is 45.4 Å². The predicted octanol–water partition coefficient (Wildman–Crippen LogP) is 2.31. The van der Waals surface area contributed by atoms with Crippen LogP contribution in [0.25, 0.3) is 0 Å². The van der Waals surface area contributed by atoms with Gasteiger partial charge in [0.25, 0.3) is 0 Å². The number of carbonyl (C=O) groups is 1. The fraction of sp³-hybridized carbons (Fsp3) is 0.765. The van der Waals surface area contributed by atoms with Crippen LogP contribution >= 0.6 is 0 Å². The van der Waals surface area contributed by atoms with Crippen LogP contribution in [0.5, 0.6) is 0 Å². The first-order valence-corrected chi connectivity index (χ1v) is 8.86. The molecule has 1 aromatic heterocycles. The number of urea groups is 1. The molecule has 2 aliphatic rings. The molecule has 1 spiro atoms. The van der Waals surface area contributed by atoms with Gasteiger partial charge in [0.2, 0.25) is 0 Å². The number of unbranched alkanes of at least 4 members (excludes halogenated alkanes) is 1. The maximum absolute atomic E-state index is 12.1. The molecule has 0 saturated heterocycles. The minimum absolute atomic E-state index is 0.0288. The van der Waals surface area contributed by atoms with Gasteiger partial charge in [-0.15, -0.1) is 0 Å². The van der Waals surface area contributed by atoms with Crippen LogP contribution in [0.4, 0.5) is 4.79 Å². The van der Waals surface area contributed by atoms with E-state index in [1.54, 1.807) is 6.20 Å². The first kappa shape index (κ1) is 16.3. The third-order valence-electron chi connectivity index (χ3n) is 5.43. The van der Waals surface area contributed by atoms with Crippen LogP contribution in [-0.4, -0.2) is 40.9 Å². The molecule has 128 valence electrons. The molecule has 2 aliphatic carbocycles. The van der Waals surface area contributed by atoms with E-state index in [0.29, 0.717) is 12.1 Å². The van der Waals surface area contributed by atoms with Crippen molar-refractivity contribution in [1.82, 2.24) is 20.2 Å². The van der Waals surface area contributed by atoms with Gasteiger partial charge in [0.15, 0.2) is 0 Å². The molecule has 6 heteroatoms. The summed E-state index contributed by atoms with van der Waals surface area (Å²) >= 11 is 0. The van der Waals surface area contributed by atoms with Crippen LogP contribution in [0, 0.1) is 5.41 Å². The minimum Gasteiger partial charge on any atom is -0.378 e. The zero-order chi connectivity index (χ0) is 16.1. The third kappa shape index (κ3) is 3.52. The number of hydrogen-bond acceptors (Lipinski definition) is 3. The molecule has 2 N–H and O–H groups in total. The average molecular weight is 320 g/mol. The fourth-order valence-electron chi connectivity index (χ4n) is 3.89. The van der Waals surface area contributed by atoms with Crippen molar-refractivity contribution in [2.45, 2.75) is 64.1 Å². The number of ether oxygens (including phenoxy) is 1. The zero-order valence-electron chi connectivity index (χ0n) is 14.0. The van der Waals surface area contributed by atoms with Crippen LogP contribution < -0.4 is 10.6 Å². The SMILES string of the molecule is CCO[C@H]1C[C@H](NC(=O)NCCCCn2ccnc2)C12CCC2. The van der Waals surface area contributed by atoms with Crippen molar-refractivity contribution in [3.05, 3.63) is 18.7 Å². The molecule has 2 fully saturated rings. The normalized spacial score (nSPS) is 24.7. The summed E-state index contributed by atoms with van der Waals surface area (Å²) < 4.78 is 7.87. The highest BCUT2D eigenvalue weighted by Gasteiger charge is 2.59. The maximum atomic E-state index is 12.1. The highest BCUT2D eigenvalue weighted by molar-refractivity contribution is 5.74. The smallest absolute Gasteiger partial charge is 0.315 e. The van der Waals surface area contributed by atoms with Crippen molar-refractivity contribution >= 4 is 6.03 Å². The molecule has 0 unspecified atom stereocenters. The van der Waals surface area contributed by atoms with E-state index in [1.165, 1.54) is 19.3 Å². The van der Waals surface area contributed by atoms with Crippen LogP contribution in [-0.2, 0) is 11.3 Å². The molecule has 3 rings (SSSR count). The largest absolute Gasteiger partial charge is 0.378 e. The van der Waals surface area contributed by atoms with E-state index in [0.717, 1.165) is 39.0 Å². The van der Waals surface area contributed by atoms with Gasteiger partial charge in [0, 0.05) is 43.5 Å². The molecule has 1 heterocycles. The summed E-state index contributed by atoms with van der Waals surface area (Å²) in [4.78, 5) is 16.1. The van der Waals surface area contributed by atoms with Gasteiger partial charge in [-0.05, 0) is 39.0 Å². The molecule has 2 saturated carbocycles. The lowest BCUT2D eigenvalue weighted by Gasteiger charge is -2.60. The van der Waals surface area contributed by atoms with E-state index >= 15 is 0 Å². The number of carbonyl (C=O) groups excluding carboxylic acids is 1. The Morgan fingerprint density at radius 2 is 2.30 bits per heavy atom. The number of hydrogen-bond donors (Lipinski definition) is 2. The maximum Gasteiger partial charge on any atom is 0.315 e. The lowest BCUT2D eigenvalue weighted by molar-refractivity contribution is -0.169. The number of rotatable bonds is 8. The molecular weight excluding hydrogens is 292 g/mol. The summed E-state index contributed by atoms with van der Waals surface area (Å²) in [6.45, 7) is 4.48. The van der Waals surface area contributed by atoms with E-state index in [-0.39, 0.29) is 11.4 Å². The molecule has 0 aliphatic heterocycles. The minimum atomic E-state index is -0.0288. The van der Waals surface area contributed by atoms with Crippen LogP contribution in [0.2, 0.25) is 0 Å². The first-order chi connectivity index (χ1) is 11.2. The van der Waals surface area contributed by atoms with E-state index < -0.39 is 0 Å². The Kier molecular flexibility index (Phi) is 5.20. The van der Waals surface area contributed by atoms with Gasteiger partial charge in [-0.25, -0.2) is 9.78 Å². The second-order valence-electron chi connectivity index (χ2n) is 6.73. The van der Waals surface area contributed by atoms with Crippen molar-refractivity contribution < 1.29 is 9.53 Å². The zero-order valence-corrected chi connectivity index (χ0v) is 14.0. The molecule has 2 atom stereocenters. The van der Waals surface area contributed by atoms with Crippen molar-refractivity contribution in [1.29, 1.82) is 0 Å². The number of imidazole rings is 1. The molecular formula is C17H28N4O2. The lowest BCUT2D eigenvalue weighted by Crippen LogP contribution is -2.68. The summed E-state index contributed by atoms with van der Waals surface area (Å²) in [6, 6.07) is 0.262. The van der Waals surface area contributed by atoms with Gasteiger partial charge in [-0.1, -0.05) is 6.42 Å². The second kappa shape index (κ2) is 7.34. The number of nitrogens with one attached hydrogen (secondary N) is 2. The monoisotopic (exact) mass is 320 g/mol. The molecule has 0 aromatic carbocycles. The topological polar surface area (TPSA) is 68.2 Å². The van der Waals surface area contributed by atoms with E-state index in [1.807, 2.05) is 19.4 Å². The summed E-state index contributed by atoms with van der Waals surface area (Å²) in [7, 11) is 0. The van der Waals surface area contributed by atoms with Crippen LogP contribution in [0.15, 0.2) is 18.7 Å². The molecule has 0 radical (unpaired) electrons. The quantitative estimate of drug-likeness (QED) is 0.722. The Hall–Kier alpha value is -1.56. The first-order valence-electron chi connectivity index (χ1n) is 8.86. The Balaban J connectivity index is 1.31. The number of aromatic nitrogens is 2. The molecule has 0 bridgehead atoms. The van der Waals surface area contributed by atoms with E-state index in [4.69, 9.17) is 4.74 Å². The second-order valence-corrected chi connectivity index (χ2v) is 6.73. The van der Waals surface area contributed by atoms with Gasteiger partial charge in [-0.2, -0.15) is 0 Å². The fourth-order valence-corrected chi connectivity index (χ4v) is 3.89. The van der Waals surface area contributed by atoms with Gasteiger partial charge < -0.3 is 19.9 Å². The Labute approximate surface area is 138 Å². The summed E-state index contributed by atoms with van der Waals surface area (Å²) in [5.74, 6) is 0. The van der Waals surface area contributed by atoms with Crippen LogP contribution in [0.3, 0.4) is 0 Å². The van der Waals surface area contributed by atoms with Gasteiger partial charge in [-0.3, -0.25) is 0 Å². The lowest BCUT2D eigenvalue weighted by atomic mass is 9.51. The van der Waals surface area contributed by atoms with Crippen molar-refractivity contribution in [2.75, 3.05) is 13.2 Å². The molecule has 23 heavy (non-hydrogen) atoms. The Bertz CT molecular complexity index is 499. The van der Waals surface area contributed by atoms with Gasteiger partial charge in [0.05, 0.1) is 12.4 Å². The number of aryl methyl sites for hydroxylation is 1. The Morgan fingerprint density at radius 3 is 2.96 bits per heavy atom. The van der Waals surface area contributed by atoms with Gasteiger partial charge in [0.1, 0.15) is 0 Å². The summed E-state index contributed by atoms with van der Waals surface area (Å²) in [5, 5.41) is 6.14. The predicted molar refractivity (Wildman–Crippen MR) is 88.1 cm³/mol. The van der Waals surface area contributed by atoms with Crippen molar-refractivity contribution in [3.63, 3.8) is 0 Å².